The zero-order valence-electron chi connectivity index (χ0n) is 19.7. The number of carbonyl (C=O) groups is 2. The molecule has 0 aliphatic rings. The molecule has 1 atom stereocenters. The average molecular weight is 438 g/mol. The van der Waals surface area contributed by atoms with Gasteiger partial charge in [0, 0.05) is 11.3 Å². The van der Waals surface area contributed by atoms with E-state index in [2.05, 4.69) is 31.3 Å². The predicted molar refractivity (Wildman–Crippen MR) is 130 cm³/mol. The van der Waals surface area contributed by atoms with E-state index >= 15 is 0 Å². The van der Waals surface area contributed by atoms with Crippen LogP contribution < -0.4 is 15.8 Å². The largest absolute Gasteiger partial charge is 0.480 e. The number of hydrogen-bond donors (Lipinski definition) is 1. The van der Waals surface area contributed by atoms with Crippen LogP contribution >= 0.6 is 0 Å². The molecule has 0 bridgehead atoms. The number of ether oxygens (including phenoxy) is 1. The third kappa shape index (κ3) is 8.03. The third-order valence-electron chi connectivity index (χ3n) is 5.57. The highest BCUT2D eigenvalue weighted by molar-refractivity contribution is 5.97. The van der Waals surface area contributed by atoms with Gasteiger partial charge in [0.15, 0.2) is 6.10 Å². The van der Waals surface area contributed by atoms with Crippen LogP contribution in [0.4, 0.5) is 5.69 Å². The molecular weight excluding hydrogens is 400 g/mol. The molecule has 1 unspecified atom stereocenters. The SMILES string of the molecule is CCCCCc1ccc(OC(CC)C(=O)Nc2cccc(C([NH])=O)c2)c(CCCCC)c1. The van der Waals surface area contributed by atoms with Crippen LogP contribution in [0.15, 0.2) is 42.5 Å². The van der Waals surface area contributed by atoms with Gasteiger partial charge in [0.2, 0.25) is 0 Å². The van der Waals surface area contributed by atoms with E-state index in [9.17, 15) is 9.59 Å². The fraction of sp³-hybridized carbons (Fsp3) is 0.481. The lowest BCUT2D eigenvalue weighted by Gasteiger charge is -2.20. The Balaban J connectivity index is 2.14. The third-order valence-corrected chi connectivity index (χ3v) is 5.57. The highest BCUT2D eigenvalue weighted by Crippen LogP contribution is 2.26. The second kappa shape index (κ2) is 13.6. The Hall–Kier alpha value is -2.82. The van der Waals surface area contributed by atoms with Crippen LogP contribution in [-0.2, 0) is 17.6 Å². The molecule has 32 heavy (non-hydrogen) atoms. The topological polar surface area (TPSA) is 79.2 Å². The summed E-state index contributed by atoms with van der Waals surface area (Å²) in [6.45, 7) is 6.33. The number of nitrogens with one attached hydrogen (secondary N) is 2. The molecule has 0 aromatic heterocycles. The number of carbonyl (C=O) groups excluding carboxylic acids is 2. The lowest BCUT2D eigenvalue weighted by molar-refractivity contribution is -0.122. The van der Waals surface area contributed by atoms with Crippen molar-refractivity contribution < 1.29 is 14.3 Å². The molecule has 2 N–H and O–H groups in total. The predicted octanol–water partition coefficient (Wildman–Crippen LogP) is 6.37. The Kier molecular flexibility index (Phi) is 10.8. The summed E-state index contributed by atoms with van der Waals surface area (Å²) >= 11 is 0. The van der Waals surface area contributed by atoms with Crippen molar-refractivity contribution in [2.45, 2.75) is 84.7 Å². The summed E-state index contributed by atoms with van der Waals surface area (Å²) < 4.78 is 6.20. The van der Waals surface area contributed by atoms with Crippen molar-refractivity contribution in [2.24, 2.45) is 0 Å². The Morgan fingerprint density at radius 1 is 0.938 bits per heavy atom. The van der Waals surface area contributed by atoms with Crippen molar-refractivity contribution >= 4 is 17.5 Å². The van der Waals surface area contributed by atoms with Crippen molar-refractivity contribution in [2.75, 3.05) is 5.32 Å². The van der Waals surface area contributed by atoms with Crippen molar-refractivity contribution in [3.8, 4) is 5.75 Å². The van der Waals surface area contributed by atoms with Gasteiger partial charge >= 0.3 is 0 Å². The minimum absolute atomic E-state index is 0.244. The first-order valence-electron chi connectivity index (χ1n) is 11.9. The fourth-order valence-electron chi connectivity index (χ4n) is 3.68. The van der Waals surface area contributed by atoms with Crippen LogP contribution in [0.2, 0.25) is 0 Å². The molecule has 2 aromatic carbocycles. The van der Waals surface area contributed by atoms with Crippen LogP contribution in [0, 0.1) is 0 Å². The minimum Gasteiger partial charge on any atom is -0.480 e. The number of benzene rings is 2. The fourth-order valence-corrected chi connectivity index (χ4v) is 3.68. The summed E-state index contributed by atoms with van der Waals surface area (Å²) in [6, 6.07) is 12.8. The first kappa shape index (κ1) is 25.4. The molecule has 2 aromatic rings. The number of amides is 2. The number of aryl methyl sites for hydroxylation is 2. The van der Waals surface area contributed by atoms with Gasteiger partial charge in [-0.05, 0) is 67.5 Å². The van der Waals surface area contributed by atoms with Gasteiger partial charge in [0.05, 0.1) is 0 Å². The van der Waals surface area contributed by atoms with E-state index in [1.807, 2.05) is 13.0 Å². The van der Waals surface area contributed by atoms with Gasteiger partial charge in [-0.1, -0.05) is 64.7 Å². The van der Waals surface area contributed by atoms with Gasteiger partial charge in [-0.3, -0.25) is 15.3 Å². The van der Waals surface area contributed by atoms with E-state index in [0.717, 1.165) is 31.4 Å². The maximum absolute atomic E-state index is 12.9. The molecule has 0 saturated heterocycles. The molecule has 2 amide bonds. The molecule has 173 valence electrons. The highest BCUT2D eigenvalue weighted by atomic mass is 16.5. The zero-order valence-corrected chi connectivity index (χ0v) is 19.7. The van der Waals surface area contributed by atoms with Gasteiger partial charge in [0.25, 0.3) is 11.8 Å². The summed E-state index contributed by atoms with van der Waals surface area (Å²) in [6.07, 6.45) is 8.94. The smallest absolute Gasteiger partial charge is 0.269 e. The molecule has 0 aliphatic carbocycles. The second-order valence-electron chi connectivity index (χ2n) is 8.27. The van der Waals surface area contributed by atoms with Gasteiger partial charge < -0.3 is 10.1 Å². The second-order valence-corrected chi connectivity index (χ2v) is 8.27. The molecule has 0 fully saturated rings. The van der Waals surface area contributed by atoms with E-state index in [0.29, 0.717) is 12.1 Å². The van der Waals surface area contributed by atoms with Crippen molar-refractivity contribution in [1.82, 2.24) is 5.73 Å². The lowest BCUT2D eigenvalue weighted by Crippen LogP contribution is -2.32. The minimum atomic E-state index is -0.778. The van der Waals surface area contributed by atoms with Gasteiger partial charge in [0.1, 0.15) is 5.75 Å². The van der Waals surface area contributed by atoms with Crippen molar-refractivity contribution in [3.63, 3.8) is 0 Å². The first-order chi connectivity index (χ1) is 15.5. The number of anilines is 1. The zero-order chi connectivity index (χ0) is 23.3. The molecule has 0 saturated carbocycles. The van der Waals surface area contributed by atoms with Gasteiger partial charge in [-0.2, -0.15) is 0 Å². The van der Waals surface area contributed by atoms with E-state index in [-0.39, 0.29) is 11.5 Å². The van der Waals surface area contributed by atoms with Crippen LogP contribution in [0.3, 0.4) is 0 Å². The maximum atomic E-state index is 12.9. The normalized spacial score (nSPS) is 11.7. The van der Waals surface area contributed by atoms with Crippen LogP contribution in [0.5, 0.6) is 5.75 Å². The number of hydrogen-bond acceptors (Lipinski definition) is 3. The molecule has 0 spiro atoms. The van der Waals surface area contributed by atoms with Crippen molar-refractivity contribution in [3.05, 3.63) is 59.2 Å². The molecule has 5 heteroatoms. The molecular formula is C27H37N2O3. The Morgan fingerprint density at radius 3 is 2.31 bits per heavy atom. The molecule has 2 rings (SSSR count). The molecule has 0 aliphatic heterocycles. The maximum Gasteiger partial charge on any atom is 0.269 e. The Labute approximate surface area is 192 Å². The molecule has 5 nitrogen and oxygen atoms in total. The first-order valence-corrected chi connectivity index (χ1v) is 11.9. The average Bonchev–Trinajstić information content (AvgIpc) is 2.79. The monoisotopic (exact) mass is 437 g/mol. The summed E-state index contributed by atoms with van der Waals surface area (Å²) in [5.74, 6) is -0.258. The van der Waals surface area contributed by atoms with Crippen LogP contribution in [0.25, 0.3) is 0 Å². The van der Waals surface area contributed by atoms with E-state index in [1.165, 1.54) is 42.9 Å². The van der Waals surface area contributed by atoms with Crippen molar-refractivity contribution in [1.29, 1.82) is 0 Å². The summed E-state index contributed by atoms with van der Waals surface area (Å²) in [4.78, 5) is 24.2. The van der Waals surface area contributed by atoms with Crippen LogP contribution in [-0.4, -0.2) is 17.9 Å². The Bertz CT molecular complexity index is 879. The van der Waals surface area contributed by atoms with E-state index in [1.54, 1.807) is 18.2 Å². The lowest BCUT2D eigenvalue weighted by atomic mass is 10.00. The van der Waals surface area contributed by atoms with Gasteiger partial charge in [-0.15, -0.1) is 0 Å². The molecule has 1 radical (unpaired) electrons. The van der Waals surface area contributed by atoms with Gasteiger partial charge in [-0.25, -0.2) is 0 Å². The summed E-state index contributed by atoms with van der Waals surface area (Å²) in [5.41, 5.74) is 10.5. The number of rotatable bonds is 14. The summed E-state index contributed by atoms with van der Waals surface area (Å²) in [7, 11) is 0. The Morgan fingerprint density at radius 2 is 1.66 bits per heavy atom. The van der Waals surface area contributed by atoms with E-state index in [4.69, 9.17) is 10.5 Å². The van der Waals surface area contributed by atoms with Crippen LogP contribution in [0.1, 0.15) is 87.2 Å². The quantitative estimate of drug-likeness (QED) is 0.349. The number of unbranched alkanes of at least 4 members (excludes halogenated alkanes) is 4. The summed E-state index contributed by atoms with van der Waals surface area (Å²) in [5, 5.41) is 2.83. The molecule has 0 heterocycles. The highest BCUT2D eigenvalue weighted by Gasteiger charge is 2.20. The van der Waals surface area contributed by atoms with E-state index < -0.39 is 12.0 Å². The standard InChI is InChI=1S/C27H37N2O3/c1-4-7-9-12-20-16-17-25(21(18-20)13-10-8-5-2)32-24(6-3)27(31)29-23-15-11-14-22(19-23)26(28)30/h11,14-19,24,28H,4-10,12-13H2,1-3H3,(H,29,31).